The highest BCUT2D eigenvalue weighted by Gasteiger charge is 2.69. The molecule has 0 unspecified atom stereocenters. The summed E-state index contributed by atoms with van der Waals surface area (Å²) in [5, 5.41) is 0. The van der Waals surface area contributed by atoms with Crippen LogP contribution in [0.3, 0.4) is 0 Å². The number of hydrogen-bond donors (Lipinski definition) is 1. The number of ether oxygens (including phenoxy) is 4. The molecule has 0 aliphatic carbocycles. The first-order valence-corrected chi connectivity index (χ1v) is 13.2. The Hall–Kier alpha value is -5.43. The first kappa shape index (κ1) is 30.0. The van der Waals surface area contributed by atoms with Crippen molar-refractivity contribution in [3.05, 3.63) is 141 Å². The average Bonchev–Trinajstić information content (AvgIpc) is 3.34. The van der Waals surface area contributed by atoms with E-state index in [0.717, 1.165) is 12.3 Å². The van der Waals surface area contributed by atoms with E-state index in [4.69, 9.17) is 18.9 Å². The van der Waals surface area contributed by atoms with E-state index in [1.54, 1.807) is 30.3 Å². The lowest BCUT2D eigenvalue weighted by Gasteiger charge is -2.37. The van der Waals surface area contributed by atoms with Gasteiger partial charge in [0.25, 0.3) is 17.6 Å². The summed E-state index contributed by atoms with van der Waals surface area (Å²) in [6, 6.07) is 23.1. The van der Waals surface area contributed by atoms with Crippen LogP contribution in [0.2, 0.25) is 0 Å². The van der Waals surface area contributed by atoms with Crippen molar-refractivity contribution in [1.29, 1.82) is 0 Å². The average molecular weight is 607 g/mol. The Morgan fingerprint density at radius 2 is 1.32 bits per heavy atom. The Bertz CT molecular complexity index is 1750. The summed E-state index contributed by atoms with van der Waals surface area (Å²) >= 11 is 0. The van der Waals surface area contributed by atoms with E-state index in [2.05, 4.69) is 0 Å². The number of benzene rings is 3. The minimum atomic E-state index is -3.65. The summed E-state index contributed by atoms with van der Waals surface area (Å²) in [5.41, 5.74) is -5.23. The number of H-pyrrole nitrogens is 1. The highest BCUT2D eigenvalue weighted by molar-refractivity contribution is 5.91. The molecule has 226 valence electrons. The molecule has 0 saturated carbocycles. The zero-order chi connectivity index (χ0) is 31.3. The zero-order valence-electron chi connectivity index (χ0n) is 22.7. The summed E-state index contributed by atoms with van der Waals surface area (Å²) in [7, 11) is 0. The predicted octanol–water partition coefficient (Wildman–Crippen LogP) is 3.38. The number of hydrogen-bond acceptors (Lipinski definition) is 9. The number of halogens is 2. The van der Waals surface area contributed by atoms with Crippen molar-refractivity contribution in [2.45, 2.75) is 30.5 Å². The number of nitrogens with one attached hydrogen (secondary N) is 1. The molecule has 4 atom stereocenters. The molecule has 5 rings (SSSR count). The number of rotatable bonds is 9. The van der Waals surface area contributed by atoms with E-state index in [1.165, 1.54) is 60.7 Å². The molecule has 1 N–H and O–H groups in total. The van der Waals surface area contributed by atoms with Crippen LogP contribution in [-0.2, 0) is 18.9 Å². The lowest BCUT2D eigenvalue weighted by atomic mass is 9.93. The van der Waals surface area contributed by atoms with Crippen molar-refractivity contribution < 1.29 is 42.1 Å². The monoisotopic (exact) mass is 606 g/mol. The maximum absolute atomic E-state index is 15.5. The summed E-state index contributed by atoms with van der Waals surface area (Å²) in [4.78, 5) is 65.9. The molecule has 0 bridgehead atoms. The van der Waals surface area contributed by atoms with Gasteiger partial charge >= 0.3 is 23.6 Å². The van der Waals surface area contributed by atoms with E-state index in [-0.39, 0.29) is 16.7 Å². The molecule has 0 radical (unpaired) electrons. The van der Waals surface area contributed by atoms with Crippen molar-refractivity contribution in [3.63, 3.8) is 0 Å². The molecule has 3 aromatic carbocycles. The number of aromatic nitrogens is 2. The summed E-state index contributed by atoms with van der Waals surface area (Å²) in [5.74, 6) is -3.19. The van der Waals surface area contributed by atoms with Gasteiger partial charge in [0.15, 0.2) is 12.3 Å². The van der Waals surface area contributed by atoms with Crippen LogP contribution in [0.5, 0.6) is 0 Å². The van der Waals surface area contributed by atoms with Gasteiger partial charge in [-0.05, 0) is 36.4 Å². The molecule has 13 heteroatoms. The number of alkyl halides is 2. The number of aromatic amines is 1. The van der Waals surface area contributed by atoms with E-state index in [9.17, 15) is 24.0 Å². The van der Waals surface area contributed by atoms with Crippen LogP contribution in [0, 0.1) is 0 Å². The first-order valence-electron chi connectivity index (χ1n) is 13.2. The van der Waals surface area contributed by atoms with Crippen molar-refractivity contribution in [2.75, 3.05) is 6.61 Å². The maximum atomic E-state index is 15.5. The molecule has 0 spiro atoms. The number of carbonyl (C=O) groups excluding carboxylic acids is 3. The Balaban J connectivity index is 1.61. The van der Waals surface area contributed by atoms with Gasteiger partial charge < -0.3 is 18.9 Å². The second-order valence-electron chi connectivity index (χ2n) is 9.61. The second-order valence-corrected chi connectivity index (χ2v) is 9.61. The van der Waals surface area contributed by atoms with Crippen LogP contribution in [-0.4, -0.2) is 58.3 Å². The van der Waals surface area contributed by atoms with Gasteiger partial charge in [0, 0.05) is 12.3 Å². The molecule has 2 heterocycles. The van der Waals surface area contributed by atoms with E-state index < -0.39 is 66.2 Å². The molecule has 1 saturated heterocycles. The predicted molar refractivity (Wildman–Crippen MR) is 148 cm³/mol. The molecular formula is C31H24F2N2O9. The van der Waals surface area contributed by atoms with Crippen LogP contribution < -0.4 is 11.2 Å². The van der Waals surface area contributed by atoms with Crippen LogP contribution in [0.1, 0.15) is 37.3 Å². The minimum Gasteiger partial charge on any atom is -0.459 e. The van der Waals surface area contributed by atoms with Gasteiger partial charge in [-0.15, -0.1) is 0 Å². The van der Waals surface area contributed by atoms with E-state index in [0.29, 0.717) is 4.57 Å². The topological polar surface area (TPSA) is 143 Å². The third-order valence-electron chi connectivity index (χ3n) is 6.83. The summed E-state index contributed by atoms with van der Waals surface area (Å²) in [6.45, 7) is -0.758. The van der Waals surface area contributed by atoms with Crippen molar-refractivity contribution in [3.8, 4) is 0 Å². The smallest absolute Gasteiger partial charge is 0.339 e. The highest BCUT2D eigenvalue weighted by atomic mass is 19.3. The lowest BCUT2D eigenvalue weighted by molar-refractivity contribution is -0.188. The largest absolute Gasteiger partial charge is 0.459 e. The zero-order valence-corrected chi connectivity index (χ0v) is 22.7. The fourth-order valence-corrected chi connectivity index (χ4v) is 4.72. The van der Waals surface area contributed by atoms with Gasteiger partial charge in [-0.2, -0.15) is 0 Å². The molecule has 1 aromatic heterocycles. The molecule has 1 aliphatic heterocycles. The SMILES string of the molecule is O=C(OC[C@H]1O[C@@H](n2ccc(=O)[nH]c2=O)[C@@](OC(=O)c2ccccc2)(C(F)F)[C@@H]1OC(=O)c1ccccc1)c1ccccc1. The van der Waals surface area contributed by atoms with Crippen LogP contribution in [0.25, 0.3) is 0 Å². The Kier molecular flexibility index (Phi) is 8.76. The number of carbonyl (C=O) groups is 3. The van der Waals surface area contributed by atoms with E-state index in [1.807, 2.05) is 4.98 Å². The maximum Gasteiger partial charge on any atom is 0.339 e. The number of esters is 3. The van der Waals surface area contributed by atoms with Crippen molar-refractivity contribution in [2.24, 2.45) is 0 Å². The van der Waals surface area contributed by atoms with Crippen molar-refractivity contribution in [1.82, 2.24) is 9.55 Å². The lowest BCUT2D eigenvalue weighted by Crippen LogP contribution is -2.58. The highest BCUT2D eigenvalue weighted by Crippen LogP contribution is 2.47. The summed E-state index contributed by atoms with van der Waals surface area (Å²) < 4.78 is 53.9. The fraction of sp³-hybridized carbons (Fsp3) is 0.194. The molecule has 44 heavy (non-hydrogen) atoms. The van der Waals surface area contributed by atoms with Gasteiger partial charge in [-0.3, -0.25) is 14.3 Å². The van der Waals surface area contributed by atoms with Gasteiger partial charge in [0.05, 0.1) is 16.7 Å². The number of nitrogens with zero attached hydrogens (tertiary/aromatic N) is 1. The Morgan fingerprint density at radius 1 is 0.795 bits per heavy atom. The quantitative estimate of drug-likeness (QED) is 0.224. The molecule has 0 amide bonds. The minimum absolute atomic E-state index is 0.0326. The van der Waals surface area contributed by atoms with Crippen molar-refractivity contribution >= 4 is 17.9 Å². The fourth-order valence-electron chi connectivity index (χ4n) is 4.72. The third-order valence-corrected chi connectivity index (χ3v) is 6.83. The standard InChI is InChI=1S/C31H24F2N2O9/c32-28(33)31(44-27(39)21-14-8-3-9-15-21)24(43-26(38)20-12-6-2-7-13-20)22(18-41-25(37)19-10-4-1-5-11-19)42-29(31)35-17-16-23(36)34-30(35)40/h1-17,22,24,28-29H,18H2,(H,34,36,40)/t22-,24-,29-,31+/m1/s1. The van der Waals surface area contributed by atoms with Gasteiger partial charge in [0.2, 0.25) is 0 Å². The molecule has 1 aliphatic rings. The second kappa shape index (κ2) is 12.8. The molecule has 4 aromatic rings. The molecule has 1 fully saturated rings. The Morgan fingerprint density at radius 3 is 1.84 bits per heavy atom. The van der Waals surface area contributed by atoms with Gasteiger partial charge in [0.1, 0.15) is 12.7 Å². The van der Waals surface area contributed by atoms with Crippen LogP contribution >= 0.6 is 0 Å². The summed E-state index contributed by atoms with van der Waals surface area (Å²) in [6.07, 6.45) is -8.75. The van der Waals surface area contributed by atoms with Gasteiger partial charge in [-0.1, -0.05) is 54.6 Å². The van der Waals surface area contributed by atoms with Crippen LogP contribution in [0.4, 0.5) is 8.78 Å². The normalized spacial score (nSPS) is 21.0. The van der Waals surface area contributed by atoms with Gasteiger partial charge in [-0.25, -0.2) is 28.0 Å². The molecule has 11 nitrogen and oxygen atoms in total. The van der Waals surface area contributed by atoms with E-state index >= 15 is 8.78 Å². The molecular weight excluding hydrogens is 582 g/mol. The third kappa shape index (κ3) is 6.03. The first-order chi connectivity index (χ1) is 21.2. The van der Waals surface area contributed by atoms with Crippen LogP contribution in [0.15, 0.2) is 113 Å². The Labute approximate surface area is 247 Å².